The third-order valence-electron chi connectivity index (χ3n) is 4.45. The minimum absolute atomic E-state index is 0.0265. The van der Waals surface area contributed by atoms with Crippen LogP contribution >= 0.6 is 0 Å². The number of pyridine rings is 1. The third-order valence-corrected chi connectivity index (χ3v) is 4.45. The van der Waals surface area contributed by atoms with Crippen molar-refractivity contribution in [1.82, 2.24) is 24.6 Å². The van der Waals surface area contributed by atoms with Gasteiger partial charge in [-0.25, -0.2) is 4.98 Å². The van der Waals surface area contributed by atoms with Crippen molar-refractivity contribution in [2.24, 2.45) is 0 Å². The molecule has 1 aliphatic rings. The summed E-state index contributed by atoms with van der Waals surface area (Å²) in [4.78, 5) is 18.6. The SMILES string of the molecule is CCCn1cnnc1C1CCN(C(=O)c2ccc(OC)nc2)CC1. The van der Waals surface area contributed by atoms with E-state index >= 15 is 0 Å². The monoisotopic (exact) mass is 329 g/mol. The van der Waals surface area contributed by atoms with Crippen LogP contribution in [0.5, 0.6) is 5.88 Å². The number of rotatable bonds is 5. The van der Waals surface area contributed by atoms with Crippen LogP contribution in [0.25, 0.3) is 0 Å². The number of aromatic nitrogens is 4. The predicted molar refractivity (Wildman–Crippen MR) is 89.0 cm³/mol. The normalized spacial score (nSPS) is 15.5. The van der Waals surface area contributed by atoms with Crippen LogP contribution in [-0.4, -0.2) is 50.8 Å². The van der Waals surface area contributed by atoms with E-state index in [1.807, 2.05) is 4.90 Å². The smallest absolute Gasteiger partial charge is 0.255 e. The van der Waals surface area contributed by atoms with E-state index in [2.05, 4.69) is 26.7 Å². The largest absolute Gasteiger partial charge is 0.481 e. The lowest BCUT2D eigenvalue weighted by Crippen LogP contribution is -2.38. The number of methoxy groups -OCH3 is 1. The van der Waals surface area contributed by atoms with Gasteiger partial charge in [0.05, 0.1) is 12.7 Å². The minimum atomic E-state index is 0.0265. The van der Waals surface area contributed by atoms with Gasteiger partial charge >= 0.3 is 0 Å². The van der Waals surface area contributed by atoms with Crippen LogP contribution in [-0.2, 0) is 6.54 Å². The Morgan fingerprint density at radius 3 is 2.75 bits per heavy atom. The summed E-state index contributed by atoms with van der Waals surface area (Å²) in [5.74, 6) is 1.96. The summed E-state index contributed by atoms with van der Waals surface area (Å²) in [6.07, 6.45) is 6.27. The summed E-state index contributed by atoms with van der Waals surface area (Å²) in [5, 5.41) is 8.34. The fourth-order valence-corrected chi connectivity index (χ4v) is 3.14. The Balaban J connectivity index is 1.61. The predicted octanol–water partition coefficient (Wildman–Crippen LogP) is 2.11. The Morgan fingerprint density at radius 1 is 1.33 bits per heavy atom. The molecule has 3 heterocycles. The van der Waals surface area contributed by atoms with Crippen molar-refractivity contribution >= 4 is 5.91 Å². The van der Waals surface area contributed by atoms with Crippen LogP contribution < -0.4 is 4.74 Å². The molecular weight excluding hydrogens is 306 g/mol. The number of amides is 1. The third kappa shape index (κ3) is 3.39. The maximum atomic E-state index is 12.6. The second-order valence-corrected chi connectivity index (χ2v) is 6.04. The van der Waals surface area contributed by atoms with Gasteiger partial charge in [-0.2, -0.15) is 0 Å². The molecular formula is C17H23N5O2. The van der Waals surface area contributed by atoms with E-state index in [0.29, 0.717) is 17.4 Å². The first-order chi connectivity index (χ1) is 11.7. The number of carbonyl (C=O) groups is 1. The highest BCUT2D eigenvalue weighted by Crippen LogP contribution is 2.27. The van der Waals surface area contributed by atoms with Crippen LogP contribution in [0.4, 0.5) is 0 Å². The molecule has 1 amide bonds. The summed E-state index contributed by atoms with van der Waals surface area (Å²) in [7, 11) is 1.56. The molecule has 7 heteroatoms. The molecule has 0 saturated carbocycles. The van der Waals surface area contributed by atoms with Gasteiger partial charge in [0.15, 0.2) is 0 Å². The summed E-state index contributed by atoms with van der Waals surface area (Å²) in [5.41, 5.74) is 0.600. The van der Waals surface area contributed by atoms with Crippen molar-refractivity contribution in [2.45, 2.75) is 38.6 Å². The lowest BCUT2D eigenvalue weighted by Gasteiger charge is -2.31. The Kier molecular flexibility index (Phi) is 5.08. The van der Waals surface area contributed by atoms with Gasteiger partial charge in [0, 0.05) is 37.8 Å². The summed E-state index contributed by atoms with van der Waals surface area (Å²) in [6.45, 7) is 4.55. The molecule has 0 radical (unpaired) electrons. The highest BCUT2D eigenvalue weighted by atomic mass is 16.5. The first-order valence-electron chi connectivity index (χ1n) is 8.40. The number of nitrogens with zero attached hydrogens (tertiary/aromatic N) is 5. The number of carbonyl (C=O) groups excluding carboxylic acids is 1. The maximum absolute atomic E-state index is 12.6. The van der Waals surface area contributed by atoms with Gasteiger partial charge in [0.25, 0.3) is 5.91 Å². The molecule has 2 aromatic rings. The number of hydrogen-bond donors (Lipinski definition) is 0. The molecule has 0 aromatic carbocycles. The van der Waals surface area contributed by atoms with Crippen molar-refractivity contribution in [1.29, 1.82) is 0 Å². The van der Waals surface area contributed by atoms with E-state index in [0.717, 1.165) is 44.7 Å². The van der Waals surface area contributed by atoms with Crippen molar-refractivity contribution in [3.63, 3.8) is 0 Å². The second-order valence-electron chi connectivity index (χ2n) is 6.04. The summed E-state index contributed by atoms with van der Waals surface area (Å²) in [6, 6.07) is 3.48. The molecule has 2 aromatic heterocycles. The fraction of sp³-hybridized carbons (Fsp3) is 0.529. The van der Waals surface area contributed by atoms with Gasteiger partial charge in [-0.3, -0.25) is 4.79 Å². The molecule has 0 atom stereocenters. The molecule has 1 saturated heterocycles. The molecule has 0 aliphatic carbocycles. The molecule has 1 aliphatic heterocycles. The summed E-state index contributed by atoms with van der Waals surface area (Å²) < 4.78 is 7.16. The minimum Gasteiger partial charge on any atom is -0.481 e. The Hall–Kier alpha value is -2.44. The maximum Gasteiger partial charge on any atom is 0.255 e. The average Bonchev–Trinajstić information content (AvgIpc) is 3.10. The van der Waals surface area contributed by atoms with Crippen molar-refractivity contribution in [3.05, 3.63) is 36.0 Å². The first kappa shape index (κ1) is 16.4. The lowest BCUT2D eigenvalue weighted by molar-refractivity contribution is 0.0709. The Bertz CT molecular complexity index is 675. The van der Waals surface area contributed by atoms with E-state index in [1.165, 1.54) is 0 Å². The first-order valence-corrected chi connectivity index (χ1v) is 8.40. The van der Waals surface area contributed by atoms with E-state index in [9.17, 15) is 4.79 Å². The molecule has 1 fully saturated rings. The van der Waals surface area contributed by atoms with Crippen molar-refractivity contribution in [2.75, 3.05) is 20.2 Å². The van der Waals surface area contributed by atoms with E-state index in [1.54, 1.807) is 31.8 Å². The molecule has 24 heavy (non-hydrogen) atoms. The fourth-order valence-electron chi connectivity index (χ4n) is 3.14. The Labute approximate surface area is 141 Å². The molecule has 7 nitrogen and oxygen atoms in total. The van der Waals surface area contributed by atoms with Gasteiger partial charge in [-0.15, -0.1) is 10.2 Å². The van der Waals surface area contributed by atoms with Gasteiger partial charge < -0.3 is 14.2 Å². The number of aryl methyl sites for hydroxylation is 1. The molecule has 0 unspecified atom stereocenters. The van der Waals surface area contributed by atoms with Crippen LogP contribution in [0.15, 0.2) is 24.7 Å². The van der Waals surface area contributed by atoms with Gasteiger partial charge in [0.1, 0.15) is 12.2 Å². The van der Waals surface area contributed by atoms with Gasteiger partial charge in [-0.1, -0.05) is 6.92 Å². The number of hydrogen-bond acceptors (Lipinski definition) is 5. The molecule has 128 valence electrons. The number of ether oxygens (including phenoxy) is 1. The van der Waals surface area contributed by atoms with E-state index < -0.39 is 0 Å². The molecule has 0 N–H and O–H groups in total. The van der Waals surface area contributed by atoms with Crippen molar-refractivity contribution < 1.29 is 9.53 Å². The highest BCUT2D eigenvalue weighted by Gasteiger charge is 2.27. The topological polar surface area (TPSA) is 73.1 Å². The zero-order valence-corrected chi connectivity index (χ0v) is 14.2. The van der Waals surface area contributed by atoms with E-state index in [4.69, 9.17) is 4.74 Å². The number of likely N-dealkylation sites (tertiary alicyclic amines) is 1. The molecule has 3 rings (SSSR count). The van der Waals surface area contributed by atoms with Crippen LogP contribution in [0.3, 0.4) is 0 Å². The van der Waals surface area contributed by atoms with Crippen LogP contribution in [0.1, 0.15) is 48.3 Å². The van der Waals surface area contributed by atoms with Gasteiger partial charge in [-0.05, 0) is 25.3 Å². The number of piperidine rings is 1. The highest BCUT2D eigenvalue weighted by molar-refractivity contribution is 5.94. The molecule has 0 spiro atoms. The Morgan fingerprint density at radius 2 is 2.12 bits per heavy atom. The zero-order valence-electron chi connectivity index (χ0n) is 14.2. The second kappa shape index (κ2) is 7.42. The standard InChI is InChI=1S/C17H23N5O2/c1-3-8-22-12-19-20-16(22)13-6-9-21(10-7-13)17(23)14-4-5-15(24-2)18-11-14/h4-5,11-13H,3,6-10H2,1-2H3. The van der Waals surface area contributed by atoms with Crippen LogP contribution in [0.2, 0.25) is 0 Å². The average molecular weight is 329 g/mol. The van der Waals surface area contributed by atoms with E-state index in [-0.39, 0.29) is 5.91 Å². The molecule has 0 bridgehead atoms. The van der Waals surface area contributed by atoms with Gasteiger partial charge in [0.2, 0.25) is 5.88 Å². The lowest BCUT2D eigenvalue weighted by atomic mass is 9.95. The quantitative estimate of drug-likeness (QED) is 0.840. The van der Waals surface area contributed by atoms with Crippen molar-refractivity contribution in [3.8, 4) is 5.88 Å². The van der Waals surface area contributed by atoms with Crippen LogP contribution in [0, 0.1) is 0 Å². The summed E-state index contributed by atoms with van der Waals surface area (Å²) >= 11 is 0. The zero-order chi connectivity index (χ0) is 16.9.